The number of rotatable bonds is 5. The van der Waals surface area contributed by atoms with Gasteiger partial charge in [0.15, 0.2) is 0 Å². The molecule has 0 aliphatic rings. The van der Waals surface area contributed by atoms with Gasteiger partial charge in [-0.2, -0.15) is 16.8 Å². The molecule has 0 atom stereocenters. The van der Waals surface area contributed by atoms with Crippen molar-refractivity contribution in [3.05, 3.63) is 54.1 Å². The molecule has 0 saturated carbocycles. The van der Waals surface area contributed by atoms with Gasteiger partial charge in [0, 0.05) is 0 Å². The van der Waals surface area contributed by atoms with Crippen LogP contribution >= 0.6 is 0 Å². The van der Waals surface area contributed by atoms with Crippen molar-refractivity contribution >= 4 is 18.4 Å². The maximum atomic E-state index is 2.38. The molecule has 0 bridgehead atoms. The molecule has 0 nitrogen and oxygen atoms in total. The average Bonchev–Trinajstić information content (AvgIpc) is 2.91. The molecular weight excluding hydrogens is 386 g/mol. The Labute approximate surface area is 170 Å². The van der Waals surface area contributed by atoms with Crippen LogP contribution in [0.15, 0.2) is 48.5 Å². The van der Waals surface area contributed by atoms with Gasteiger partial charge in [-0.3, -0.25) is 0 Å². The summed E-state index contributed by atoms with van der Waals surface area (Å²) in [6.07, 6.45) is 1.16. The van der Waals surface area contributed by atoms with Crippen LogP contribution in [0.5, 0.6) is 0 Å². The largest absolute Gasteiger partial charge is 4.00 e. The molecule has 0 spiro atoms. The van der Waals surface area contributed by atoms with E-state index >= 15 is 0 Å². The number of hydrogen-bond donors (Lipinski definition) is 0. The zero-order chi connectivity index (χ0) is 13.0. The third-order valence-corrected chi connectivity index (χ3v) is 9.71. The summed E-state index contributed by atoms with van der Waals surface area (Å²) < 4.78 is 0. The van der Waals surface area contributed by atoms with Crippen molar-refractivity contribution in [2.75, 3.05) is 0 Å². The molecule has 0 heterocycles. The van der Waals surface area contributed by atoms with Crippen LogP contribution < -0.4 is 47.6 Å². The summed E-state index contributed by atoms with van der Waals surface area (Å²) >= 11 is 0. The fraction of sp³-hybridized carbons (Fsp3) is 0.353. The van der Waals surface area contributed by atoms with Crippen molar-refractivity contribution in [3.8, 4) is 0 Å². The first-order valence-electron chi connectivity index (χ1n) is 7.09. The van der Waals surface area contributed by atoms with Crippen LogP contribution in [-0.4, -0.2) is 8.07 Å². The van der Waals surface area contributed by atoms with E-state index in [4.69, 9.17) is 0 Å². The van der Waals surface area contributed by atoms with Crippen LogP contribution in [0.3, 0.4) is 0 Å². The maximum Gasteiger partial charge on any atom is 4.00 e. The van der Waals surface area contributed by atoms with Gasteiger partial charge >= 0.3 is 21.7 Å². The predicted molar refractivity (Wildman–Crippen MR) is 83.8 cm³/mol. The predicted octanol–water partition coefficient (Wildman–Crippen LogP) is -5.42. The van der Waals surface area contributed by atoms with Gasteiger partial charge in [0.1, 0.15) is 0 Å². The van der Waals surface area contributed by atoms with Crippen molar-refractivity contribution in [2.24, 2.45) is 0 Å². The van der Waals surface area contributed by atoms with Crippen LogP contribution in [0.2, 0.25) is 12.1 Å². The van der Waals surface area contributed by atoms with E-state index in [1.165, 1.54) is 12.1 Å². The minimum Gasteiger partial charge on any atom is -1.00 e. The van der Waals surface area contributed by atoms with Crippen LogP contribution in [0.1, 0.15) is 26.3 Å². The third-order valence-electron chi connectivity index (χ3n) is 4.34. The van der Waals surface area contributed by atoms with Crippen LogP contribution in [-0.2, 0) is 28.1 Å². The summed E-state index contributed by atoms with van der Waals surface area (Å²) in [6.45, 7) is 7.01. The number of halogens is 3. The quantitative estimate of drug-likeness (QED) is 0.342. The monoisotopic (exact) mass is 408 g/mol. The van der Waals surface area contributed by atoms with E-state index in [0.717, 1.165) is 6.42 Å². The second kappa shape index (κ2) is 12.8. The minimum absolute atomic E-state index is 0. The summed E-state index contributed by atoms with van der Waals surface area (Å²) in [6, 6.07) is 20.7. The molecule has 5 heteroatoms. The van der Waals surface area contributed by atoms with Crippen LogP contribution in [0.4, 0.5) is 0 Å². The molecule has 2 aromatic rings. The minimum atomic E-state index is -1.51. The van der Waals surface area contributed by atoms with E-state index in [-0.39, 0.29) is 58.9 Å². The van der Waals surface area contributed by atoms with Crippen molar-refractivity contribution in [1.82, 2.24) is 0 Å². The number of benzene rings is 1. The number of aryl methyl sites for hydroxylation is 1. The van der Waals surface area contributed by atoms with E-state index in [0.29, 0.717) is 0 Å². The fourth-order valence-electron chi connectivity index (χ4n) is 3.18. The Balaban J connectivity index is -0.000000902. The van der Waals surface area contributed by atoms with E-state index in [9.17, 15) is 0 Å². The molecule has 0 aliphatic heterocycles. The van der Waals surface area contributed by atoms with Gasteiger partial charge in [0.05, 0.1) is 8.07 Å². The van der Waals surface area contributed by atoms with E-state index < -0.39 is 8.07 Å². The smallest absolute Gasteiger partial charge is 1.00 e. The molecule has 2 rings (SSSR count). The summed E-state index contributed by atoms with van der Waals surface area (Å²) in [5, 5.41) is 3.26. The molecular formula is C17H23Cl3SiTi. The van der Waals surface area contributed by atoms with Crippen LogP contribution in [0.25, 0.3) is 0 Å². The van der Waals surface area contributed by atoms with Gasteiger partial charge in [0.2, 0.25) is 0 Å². The van der Waals surface area contributed by atoms with E-state index in [1.807, 2.05) is 0 Å². The van der Waals surface area contributed by atoms with Gasteiger partial charge in [-0.1, -0.05) is 74.8 Å². The summed E-state index contributed by atoms with van der Waals surface area (Å²) in [7, 11) is -1.51. The summed E-state index contributed by atoms with van der Waals surface area (Å²) in [4.78, 5) is 0. The Kier molecular flexibility index (Phi) is 15.8. The second-order valence-electron chi connectivity index (χ2n) is 4.97. The molecule has 120 valence electrons. The van der Waals surface area contributed by atoms with Gasteiger partial charge in [-0.15, -0.1) is 0 Å². The standard InChI is InChI=1S/C17H23Si.3ClH.Ti/c1-4-15-11-10-14-17(15)18(5-2,6-3)16-12-8-7-9-13-16;;;;/h7-14H,4-6H2,1-3H3;3*1H;/q-1;;;;+4/p-3. The van der Waals surface area contributed by atoms with Crippen molar-refractivity contribution in [2.45, 2.75) is 39.3 Å². The summed E-state index contributed by atoms with van der Waals surface area (Å²) in [5.74, 6) is 0. The maximum absolute atomic E-state index is 2.38. The molecule has 0 N–H and O–H groups in total. The molecule has 2 aromatic carbocycles. The molecule has 0 aromatic heterocycles. The Hall–Kier alpha value is 0.371. The van der Waals surface area contributed by atoms with E-state index in [1.54, 1.807) is 15.9 Å². The topological polar surface area (TPSA) is 0 Å². The third kappa shape index (κ3) is 5.19. The molecule has 0 fully saturated rings. The SMILES string of the molecule is CCc1ccc[c-]1[Si](CC)(CC)c1ccccc1.[Cl-].[Cl-].[Cl-].[Ti+4]. The average molecular weight is 410 g/mol. The molecule has 0 radical (unpaired) electrons. The Morgan fingerprint density at radius 1 is 0.818 bits per heavy atom. The Bertz CT molecular complexity index is 496. The first-order chi connectivity index (χ1) is 8.78. The molecule has 0 aliphatic carbocycles. The first kappa shape index (κ1) is 27.2. The fourth-order valence-corrected chi connectivity index (χ4v) is 7.69. The molecule has 0 unspecified atom stereocenters. The van der Waals surface area contributed by atoms with Crippen molar-refractivity contribution in [1.29, 1.82) is 0 Å². The van der Waals surface area contributed by atoms with E-state index in [2.05, 4.69) is 69.3 Å². The van der Waals surface area contributed by atoms with Gasteiger partial charge in [-0.05, 0) is 0 Å². The van der Waals surface area contributed by atoms with Crippen LogP contribution in [0, 0.1) is 0 Å². The van der Waals surface area contributed by atoms with Crippen molar-refractivity contribution < 1.29 is 58.9 Å². The van der Waals surface area contributed by atoms with Gasteiger partial charge in [-0.25, -0.2) is 12.1 Å². The molecule has 0 saturated heterocycles. The molecule has 22 heavy (non-hydrogen) atoms. The zero-order valence-corrected chi connectivity index (χ0v) is 18.2. The normalized spacial score (nSPS) is 9.59. The Morgan fingerprint density at radius 2 is 1.36 bits per heavy atom. The van der Waals surface area contributed by atoms with Gasteiger partial charge in [0.25, 0.3) is 0 Å². The first-order valence-corrected chi connectivity index (χ1v) is 9.50. The molecule has 0 amide bonds. The Morgan fingerprint density at radius 3 is 1.82 bits per heavy atom. The van der Waals surface area contributed by atoms with Gasteiger partial charge < -0.3 is 37.2 Å². The zero-order valence-electron chi connectivity index (χ0n) is 13.4. The second-order valence-corrected chi connectivity index (χ2v) is 9.67. The number of hydrogen-bond acceptors (Lipinski definition) is 0. The van der Waals surface area contributed by atoms with Crippen molar-refractivity contribution in [3.63, 3.8) is 0 Å². The summed E-state index contributed by atoms with van der Waals surface area (Å²) in [5.41, 5.74) is 1.56.